The number of rotatable bonds is 7. The third-order valence-corrected chi connectivity index (χ3v) is 6.83. The fourth-order valence-electron chi connectivity index (χ4n) is 3.64. The number of fused-ring (bicyclic) bond motifs is 1. The van der Waals surface area contributed by atoms with Crippen molar-refractivity contribution in [1.29, 1.82) is 0 Å². The van der Waals surface area contributed by atoms with E-state index >= 15 is 0 Å². The van der Waals surface area contributed by atoms with Crippen LogP contribution >= 0.6 is 22.9 Å². The molecule has 1 N–H and O–H groups in total. The molecule has 2 aromatic carbocycles. The van der Waals surface area contributed by atoms with E-state index < -0.39 is 0 Å². The Morgan fingerprint density at radius 3 is 2.52 bits per heavy atom. The number of hydrogen-bond donors (Lipinski definition) is 1. The van der Waals surface area contributed by atoms with Crippen LogP contribution in [0.4, 0.5) is 5.13 Å². The number of ether oxygens (including phenoxy) is 2. The van der Waals surface area contributed by atoms with E-state index in [1.807, 2.05) is 24.3 Å². The zero-order valence-corrected chi connectivity index (χ0v) is 19.1. The van der Waals surface area contributed by atoms with E-state index in [9.17, 15) is 4.79 Å². The summed E-state index contributed by atoms with van der Waals surface area (Å²) in [6.07, 6.45) is 0. The maximum atomic E-state index is 12.3. The molecule has 7 nitrogen and oxygen atoms in total. The van der Waals surface area contributed by atoms with Crippen molar-refractivity contribution in [2.24, 2.45) is 0 Å². The number of amides is 1. The zero-order chi connectivity index (χ0) is 21.8. The lowest BCUT2D eigenvalue weighted by Gasteiger charge is -2.34. The van der Waals surface area contributed by atoms with Crippen LogP contribution in [0.25, 0.3) is 10.2 Å². The van der Waals surface area contributed by atoms with Crippen LogP contribution in [0.1, 0.15) is 10.4 Å². The van der Waals surface area contributed by atoms with Crippen LogP contribution in [-0.2, 0) is 0 Å². The summed E-state index contributed by atoms with van der Waals surface area (Å²) in [5, 5.41) is 4.40. The van der Waals surface area contributed by atoms with E-state index in [4.69, 9.17) is 26.1 Å². The van der Waals surface area contributed by atoms with Gasteiger partial charge in [0.1, 0.15) is 21.7 Å². The Morgan fingerprint density at radius 1 is 1.10 bits per heavy atom. The molecule has 0 atom stereocenters. The highest BCUT2D eigenvalue weighted by Gasteiger charge is 2.22. The average molecular weight is 461 g/mol. The largest absolute Gasteiger partial charge is 0.495 e. The molecular weight excluding hydrogens is 436 g/mol. The predicted molar refractivity (Wildman–Crippen MR) is 125 cm³/mol. The van der Waals surface area contributed by atoms with Gasteiger partial charge in [-0.3, -0.25) is 9.69 Å². The summed E-state index contributed by atoms with van der Waals surface area (Å²) in [6.45, 7) is 4.95. The zero-order valence-electron chi connectivity index (χ0n) is 17.6. The number of benzene rings is 2. The minimum absolute atomic E-state index is 0.137. The Balaban J connectivity index is 1.32. The van der Waals surface area contributed by atoms with Crippen molar-refractivity contribution in [2.45, 2.75) is 0 Å². The predicted octanol–water partition coefficient (Wildman–Crippen LogP) is 3.52. The van der Waals surface area contributed by atoms with Gasteiger partial charge in [0.2, 0.25) is 0 Å². The van der Waals surface area contributed by atoms with Crippen LogP contribution in [0.5, 0.6) is 11.5 Å². The minimum Gasteiger partial charge on any atom is -0.495 e. The normalized spacial score (nSPS) is 14.6. The van der Waals surface area contributed by atoms with Crippen molar-refractivity contribution in [3.8, 4) is 11.5 Å². The summed E-state index contributed by atoms with van der Waals surface area (Å²) in [7, 11) is 3.33. The number of aromatic nitrogens is 1. The maximum absolute atomic E-state index is 12.3. The van der Waals surface area contributed by atoms with Gasteiger partial charge in [0.25, 0.3) is 5.91 Å². The molecule has 0 aliphatic carbocycles. The molecule has 4 rings (SSSR count). The van der Waals surface area contributed by atoms with Crippen molar-refractivity contribution in [1.82, 2.24) is 15.2 Å². The lowest BCUT2D eigenvalue weighted by Crippen LogP contribution is -2.48. The number of halogens is 1. The standard InChI is InChI=1S/C22H25ClN4O3S/c1-29-17-7-8-18(30-2)20-19(17)25-22(31-20)27-13-11-26(12-14-27)10-9-24-21(28)15-5-3-4-6-16(15)23/h3-8H,9-14H2,1-2H3,(H,24,28). The quantitative estimate of drug-likeness (QED) is 0.582. The molecule has 1 aliphatic rings. The molecule has 3 aromatic rings. The molecule has 1 amide bonds. The van der Waals surface area contributed by atoms with E-state index in [0.29, 0.717) is 17.1 Å². The van der Waals surface area contributed by atoms with Crippen LogP contribution in [-0.4, -0.2) is 69.3 Å². The number of hydrogen-bond acceptors (Lipinski definition) is 7. The number of piperazine rings is 1. The first-order valence-electron chi connectivity index (χ1n) is 10.1. The van der Waals surface area contributed by atoms with E-state index in [1.54, 1.807) is 37.7 Å². The molecule has 1 aromatic heterocycles. The second kappa shape index (κ2) is 9.72. The summed E-state index contributed by atoms with van der Waals surface area (Å²) in [4.78, 5) is 21.7. The summed E-state index contributed by atoms with van der Waals surface area (Å²) in [6, 6.07) is 10.9. The second-order valence-corrected chi connectivity index (χ2v) is 8.59. The lowest BCUT2D eigenvalue weighted by molar-refractivity contribution is 0.0948. The molecule has 0 spiro atoms. The van der Waals surface area contributed by atoms with Gasteiger partial charge in [-0.15, -0.1) is 0 Å². The number of methoxy groups -OCH3 is 2. The Morgan fingerprint density at radius 2 is 1.81 bits per heavy atom. The molecule has 1 aliphatic heterocycles. The van der Waals surface area contributed by atoms with Gasteiger partial charge in [-0.2, -0.15) is 0 Å². The molecule has 2 heterocycles. The number of thiazole rings is 1. The first-order chi connectivity index (χ1) is 15.1. The van der Waals surface area contributed by atoms with Gasteiger partial charge >= 0.3 is 0 Å². The van der Waals surface area contributed by atoms with Gasteiger partial charge < -0.3 is 19.7 Å². The fraction of sp³-hybridized carbons (Fsp3) is 0.364. The number of anilines is 1. The van der Waals surface area contributed by atoms with Crippen molar-refractivity contribution < 1.29 is 14.3 Å². The number of nitrogens with one attached hydrogen (secondary N) is 1. The van der Waals surface area contributed by atoms with Gasteiger partial charge in [-0.25, -0.2) is 4.98 Å². The van der Waals surface area contributed by atoms with Gasteiger partial charge in [-0.05, 0) is 24.3 Å². The molecule has 0 bridgehead atoms. The van der Waals surface area contributed by atoms with E-state index in [0.717, 1.165) is 59.6 Å². The fourth-order valence-corrected chi connectivity index (χ4v) is 4.99. The summed E-state index contributed by atoms with van der Waals surface area (Å²) in [5.74, 6) is 1.43. The van der Waals surface area contributed by atoms with Gasteiger partial charge in [0.15, 0.2) is 5.13 Å². The number of nitrogens with zero attached hydrogens (tertiary/aromatic N) is 3. The highest BCUT2D eigenvalue weighted by molar-refractivity contribution is 7.22. The van der Waals surface area contributed by atoms with Crippen LogP contribution in [0.15, 0.2) is 36.4 Å². The second-order valence-electron chi connectivity index (χ2n) is 7.21. The molecule has 1 fully saturated rings. The van der Waals surface area contributed by atoms with Crippen LogP contribution in [0.3, 0.4) is 0 Å². The molecule has 31 heavy (non-hydrogen) atoms. The Labute approximate surface area is 190 Å². The molecule has 0 unspecified atom stereocenters. The van der Waals surface area contributed by atoms with Gasteiger partial charge in [0.05, 0.1) is 24.8 Å². The van der Waals surface area contributed by atoms with Crippen molar-refractivity contribution in [3.63, 3.8) is 0 Å². The Bertz CT molecular complexity index is 1030. The third-order valence-electron chi connectivity index (χ3n) is 5.37. The summed E-state index contributed by atoms with van der Waals surface area (Å²) < 4.78 is 12.0. The molecule has 0 saturated carbocycles. The van der Waals surface area contributed by atoms with E-state index in [1.165, 1.54) is 0 Å². The molecule has 164 valence electrons. The van der Waals surface area contributed by atoms with E-state index in [-0.39, 0.29) is 5.91 Å². The Kier molecular flexibility index (Phi) is 6.80. The van der Waals surface area contributed by atoms with Crippen molar-refractivity contribution in [3.05, 3.63) is 47.0 Å². The highest BCUT2D eigenvalue weighted by Crippen LogP contribution is 2.40. The van der Waals surface area contributed by atoms with Crippen LogP contribution in [0, 0.1) is 0 Å². The third kappa shape index (κ3) is 4.71. The first kappa shape index (κ1) is 21.7. The van der Waals surface area contributed by atoms with Crippen LogP contribution < -0.4 is 19.7 Å². The number of carbonyl (C=O) groups is 1. The van der Waals surface area contributed by atoms with Crippen molar-refractivity contribution in [2.75, 3.05) is 58.4 Å². The van der Waals surface area contributed by atoms with Crippen LogP contribution in [0.2, 0.25) is 5.02 Å². The highest BCUT2D eigenvalue weighted by atomic mass is 35.5. The molecule has 0 radical (unpaired) electrons. The topological polar surface area (TPSA) is 66.9 Å². The van der Waals surface area contributed by atoms with Gasteiger partial charge in [-0.1, -0.05) is 35.1 Å². The monoisotopic (exact) mass is 460 g/mol. The summed E-state index contributed by atoms with van der Waals surface area (Å²) in [5.41, 5.74) is 1.35. The Hall–Kier alpha value is -2.55. The molecule has 1 saturated heterocycles. The lowest BCUT2D eigenvalue weighted by atomic mass is 10.2. The smallest absolute Gasteiger partial charge is 0.252 e. The minimum atomic E-state index is -0.137. The van der Waals surface area contributed by atoms with E-state index in [2.05, 4.69) is 15.1 Å². The van der Waals surface area contributed by atoms with Gasteiger partial charge in [0, 0.05) is 39.3 Å². The number of carbonyl (C=O) groups excluding carboxylic acids is 1. The van der Waals surface area contributed by atoms with Crippen molar-refractivity contribution >= 4 is 44.2 Å². The average Bonchev–Trinajstić information content (AvgIpc) is 3.24. The summed E-state index contributed by atoms with van der Waals surface area (Å²) >= 11 is 7.72. The SMILES string of the molecule is COc1ccc(OC)c2sc(N3CCN(CCNC(=O)c4ccccc4Cl)CC3)nc12. The maximum Gasteiger partial charge on any atom is 0.252 e. The molecular formula is C22H25ClN4O3S. The molecule has 9 heteroatoms. The first-order valence-corrected chi connectivity index (χ1v) is 11.3.